The van der Waals surface area contributed by atoms with Crippen LogP contribution in [0, 0.1) is 4.77 Å². The summed E-state index contributed by atoms with van der Waals surface area (Å²) in [6, 6.07) is 6.68. The Morgan fingerprint density at radius 1 is 1.37 bits per heavy atom. The van der Waals surface area contributed by atoms with E-state index in [1.54, 1.807) is 25.1 Å². The van der Waals surface area contributed by atoms with Crippen LogP contribution in [0.5, 0.6) is 0 Å². The van der Waals surface area contributed by atoms with E-state index in [2.05, 4.69) is 20.2 Å². The van der Waals surface area contributed by atoms with Crippen molar-refractivity contribution in [2.45, 2.75) is 37.2 Å². The van der Waals surface area contributed by atoms with Crippen LogP contribution in [0.15, 0.2) is 35.2 Å². The molecule has 2 aromatic rings. The lowest BCUT2D eigenvalue weighted by molar-refractivity contribution is -0.116. The highest BCUT2D eigenvalue weighted by atomic mass is 32.2. The van der Waals surface area contributed by atoms with Crippen molar-refractivity contribution >= 4 is 34.2 Å². The lowest BCUT2D eigenvalue weighted by Gasteiger charge is -2.05. The number of hydrogen-bond donors (Lipinski definition) is 3. The second-order valence-corrected chi connectivity index (χ2v) is 8.32. The molecule has 1 fully saturated rings. The number of amides is 1. The lowest BCUT2D eigenvalue weighted by Crippen LogP contribution is -2.23. The first-order valence-corrected chi connectivity index (χ1v) is 10.5. The van der Waals surface area contributed by atoms with Gasteiger partial charge in [0.1, 0.15) is 0 Å². The average molecular weight is 408 g/mol. The molecule has 27 heavy (non-hydrogen) atoms. The summed E-state index contributed by atoms with van der Waals surface area (Å²) in [6.07, 6.45) is 5.18. The Labute approximate surface area is 162 Å². The van der Waals surface area contributed by atoms with Gasteiger partial charge in [-0.15, -0.1) is 0 Å². The minimum absolute atomic E-state index is 0.189. The summed E-state index contributed by atoms with van der Waals surface area (Å²) in [5, 5.41) is 9.69. The van der Waals surface area contributed by atoms with Crippen LogP contribution in [0.3, 0.4) is 0 Å². The standard InChI is InChI=1S/C17H21N5O3S2/c1-2-19-27(24,25)14-8-3-12(4-9-14)5-10-16(23)18-11-15-20-21-17(26)22(15)13-6-7-13/h3-5,8-10,13,19H,2,6-7,11H2,1H3,(H,18,23)(H,21,26)/b10-5+. The third kappa shape index (κ3) is 4.90. The van der Waals surface area contributed by atoms with Crippen molar-refractivity contribution in [3.63, 3.8) is 0 Å². The first kappa shape index (κ1) is 19.5. The number of hydrogen-bond acceptors (Lipinski definition) is 5. The van der Waals surface area contributed by atoms with Crippen molar-refractivity contribution < 1.29 is 13.2 Å². The Kier molecular flexibility index (Phi) is 5.88. The molecule has 0 radical (unpaired) electrons. The lowest BCUT2D eigenvalue weighted by atomic mass is 10.2. The number of nitrogens with zero attached hydrogens (tertiary/aromatic N) is 2. The van der Waals surface area contributed by atoms with Gasteiger partial charge < -0.3 is 5.32 Å². The molecule has 1 aliphatic carbocycles. The van der Waals surface area contributed by atoms with E-state index in [1.165, 1.54) is 18.2 Å². The molecular weight excluding hydrogens is 386 g/mol. The van der Waals surface area contributed by atoms with E-state index >= 15 is 0 Å². The predicted octanol–water partition coefficient (Wildman–Crippen LogP) is 1.90. The van der Waals surface area contributed by atoms with Gasteiger partial charge in [0.25, 0.3) is 0 Å². The molecule has 0 unspecified atom stereocenters. The number of H-pyrrole nitrogens is 1. The molecule has 1 saturated carbocycles. The van der Waals surface area contributed by atoms with Gasteiger partial charge >= 0.3 is 0 Å². The molecule has 3 N–H and O–H groups in total. The topological polar surface area (TPSA) is 109 Å². The summed E-state index contributed by atoms with van der Waals surface area (Å²) in [5.41, 5.74) is 0.723. The van der Waals surface area contributed by atoms with E-state index in [0.29, 0.717) is 23.2 Å². The summed E-state index contributed by atoms with van der Waals surface area (Å²) in [5.74, 6) is 0.442. The molecule has 3 rings (SSSR count). The molecule has 0 spiro atoms. The van der Waals surface area contributed by atoms with Gasteiger partial charge in [0, 0.05) is 18.7 Å². The SMILES string of the molecule is CCNS(=O)(=O)c1ccc(/C=C/C(=O)NCc2n[nH]c(=S)n2C2CC2)cc1. The number of rotatable bonds is 8. The Hall–Kier alpha value is -2.30. The minimum atomic E-state index is -3.48. The predicted molar refractivity (Wildman–Crippen MR) is 104 cm³/mol. The summed E-state index contributed by atoms with van der Waals surface area (Å²) < 4.78 is 28.8. The Morgan fingerprint density at radius 3 is 2.70 bits per heavy atom. The van der Waals surface area contributed by atoms with Crippen LogP contribution < -0.4 is 10.0 Å². The molecule has 0 bridgehead atoms. The second-order valence-electron chi connectivity index (χ2n) is 6.17. The van der Waals surface area contributed by atoms with Crippen molar-refractivity contribution in [2.24, 2.45) is 0 Å². The molecule has 1 aliphatic rings. The number of carbonyl (C=O) groups excluding carboxylic acids is 1. The minimum Gasteiger partial charge on any atom is -0.345 e. The van der Waals surface area contributed by atoms with Crippen LogP contribution in [0.25, 0.3) is 6.08 Å². The first-order valence-electron chi connectivity index (χ1n) is 8.62. The van der Waals surface area contributed by atoms with Gasteiger partial charge in [-0.1, -0.05) is 19.1 Å². The summed E-state index contributed by atoms with van der Waals surface area (Å²) >= 11 is 5.21. The van der Waals surface area contributed by atoms with Gasteiger partial charge in [-0.3, -0.25) is 14.5 Å². The fourth-order valence-corrected chi connectivity index (χ4v) is 3.94. The summed E-state index contributed by atoms with van der Waals surface area (Å²) in [4.78, 5) is 12.2. The molecule has 144 valence electrons. The van der Waals surface area contributed by atoms with Crippen LogP contribution in [0.4, 0.5) is 0 Å². The fourth-order valence-electron chi connectivity index (χ4n) is 2.60. The zero-order valence-corrected chi connectivity index (χ0v) is 16.4. The fraction of sp³-hybridized carbons (Fsp3) is 0.353. The van der Waals surface area contributed by atoms with E-state index < -0.39 is 10.0 Å². The van der Waals surface area contributed by atoms with Gasteiger partial charge in [-0.25, -0.2) is 13.1 Å². The van der Waals surface area contributed by atoms with Gasteiger partial charge in [-0.2, -0.15) is 5.10 Å². The molecule has 1 heterocycles. The van der Waals surface area contributed by atoms with Crippen LogP contribution >= 0.6 is 12.2 Å². The summed E-state index contributed by atoms with van der Waals surface area (Å²) in [6.45, 7) is 2.33. The Balaban J connectivity index is 1.58. The number of aromatic nitrogens is 3. The van der Waals surface area contributed by atoms with E-state index in [9.17, 15) is 13.2 Å². The smallest absolute Gasteiger partial charge is 0.244 e. The van der Waals surface area contributed by atoms with Gasteiger partial charge in [-0.05, 0) is 48.8 Å². The number of sulfonamides is 1. The molecule has 0 atom stereocenters. The third-order valence-corrected chi connectivity index (χ3v) is 5.91. The van der Waals surface area contributed by atoms with Crippen LogP contribution in [0.1, 0.15) is 37.2 Å². The molecular formula is C17H21N5O3S2. The molecule has 10 heteroatoms. The average Bonchev–Trinajstić information content (AvgIpc) is 3.41. The largest absolute Gasteiger partial charge is 0.345 e. The van der Waals surface area contributed by atoms with Crippen LogP contribution in [0.2, 0.25) is 0 Å². The first-order chi connectivity index (χ1) is 12.9. The van der Waals surface area contributed by atoms with Crippen molar-refractivity contribution in [1.82, 2.24) is 24.8 Å². The quantitative estimate of drug-likeness (QED) is 0.457. The van der Waals surface area contributed by atoms with E-state index in [1.807, 2.05) is 4.57 Å². The number of carbonyl (C=O) groups is 1. The number of nitrogens with one attached hydrogen (secondary N) is 3. The molecule has 1 aromatic heterocycles. The molecule has 0 saturated heterocycles. The molecule has 0 aliphatic heterocycles. The van der Waals surface area contributed by atoms with E-state index in [0.717, 1.165) is 18.4 Å². The van der Waals surface area contributed by atoms with Gasteiger partial charge in [0.15, 0.2) is 10.6 Å². The van der Waals surface area contributed by atoms with Crippen molar-refractivity contribution in [3.05, 3.63) is 46.5 Å². The maximum absolute atomic E-state index is 12.0. The highest BCUT2D eigenvalue weighted by Gasteiger charge is 2.27. The highest BCUT2D eigenvalue weighted by Crippen LogP contribution is 2.35. The molecule has 1 aromatic carbocycles. The van der Waals surface area contributed by atoms with Crippen molar-refractivity contribution in [3.8, 4) is 0 Å². The van der Waals surface area contributed by atoms with E-state index in [4.69, 9.17) is 12.2 Å². The zero-order valence-electron chi connectivity index (χ0n) is 14.8. The Bertz CT molecular complexity index is 1000. The second kappa shape index (κ2) is 8.15. The monoisotopic (exact) mass is 407 g/mol. The van der Waals surface area contributed by atoms with Crippen LogP contribution in [-0.4, -0.2) is 35.6 Å². The highest BCUT2D eigenvalue weighted by molar-refractivity contribution is 7.89. The van der Waals surface area contributed by atoms with Crippen LogP contribution in [-0.2, 0) is 21.4 Å². The number of benzene rings is 1. The third-order valence-electron chi connectivity index (χ3n) is 4.06. The van der Waals surface area contributed by atoms with Gasteiger partial charge in [0.2, 0.25) is 15.9 Å². The van der Waals surface area contributed by atoms with E-state index in [-0.39, 0.29) is 17.3 Å². The Morgan fingerprint density at radius 2 is 2.07 bits per heavy atom. The zero-order chi connectivity index (χ0) is 19.4. The maximum atomic E-state index is 12.0. The van der Waals surface area contributed by atoms with Crippen molar-refractivity contribution in [1.29, 1.82) is 0 Å². The molecule has 8 nitrogen and oxygen atoms in total. The summed E-state index contributed by atoms with van der Waals surface area (Å²) in [7, 11) is -3.48. The molecule has 1 amide bonds. The maximum Gasteiger partial charge on any atom is 0.244 e. The van der Waals surface area contributed by atoms with Crippen molar-refractivity contribution in [2.75, 3.05) is 6.54 Å². The number of aromatic amines is 1. The normalized spacial score (nSPS) is 14.6. The van der Waals surface area contributed by atoms with Gasteiger partial charge in [0.05, 0.1) is 11.4 Å².